The molecular formula is C18H26N6. The number of para-hydroxylation sites is 1. The van der Waals surface area contributed by atoms with E-state index in [4.69, 9.17) is 5.73 Å². The minimum atomic E-state index is 0.259. The summed E-state index contributed by atoms with van der Waals surface area (Å²) in [5.74, 6) is 2.90. The summed E-state index contributed by atoms with van der Waals surface area (Å²) in [5, 5.41) is 3.25. The van der Waals surface area contributed by atoms with E-state index in [1.54, 1.807) is 0 Å². The summed E-state index contributed by atoms with van der Waals surface area (Å²) < 4.78 is 0. The molecule has 0 unspecified atom stereocenters. The Balaban J connectivity index is 1.75. The van der Waals surface area contributed by atoms with Gasteiger partial charge in [0.25, 0.3) is 0 Å². The van der Waals surface area contributed by atoms with Crippen molar-refractivity contribution in [3.05, 3.63) is 35.7 Å². The van der Waals surface area contributed by atoms with E-state index >= 15 is 0 Å². The van der Waals surface area contributed by atoms with Gasteiger partial charge in [0.1, 0.15) is 5.82 Å². The summed E-state index contributed by atoms with van der Waals surface area (Å²) in [6.45, 7) is 9.52. The van der Waals surface area contributed by atoms with E-state index in [1.807, 2.05) is 31.2 Å². The number of nitrogen functional groups attached to an aromatic ring is 1. The molecule has 3 rings (SSSR count). The summed E-state index contributed by atoms with van der Waals surface area (Å²) in [7, 11) is 0. The zero-order valence-corrected chi connectivity index (χ0v) is 14.7. The highest BCUT2D eigenvalue weighted by Crippen LogP contribution is 2.22. The third-order valence-electron chi connectivity index (χ3n) is 4.40. The van der Waals surface area contributed by atoms with Crippen molar-refractivity contribution in [3.63, 3.8) is 0 Å². The molecule has 24 heavy (non-hydrogen) atoms. The molecule has 2 atom stereocenters. The second kappa shape index (κ2) is 7.13. The molecule has 1 aliphatic rings. The number of aryl methyl sites for hydroxylation is 1. The minimum Gasteiger partial charge on any atom is -0.368 e. The van der Waals surface area contributed by atoms with Crippen LogP contribution in [0.4, 0.5) is 17.6 Å². The van der Waals surface area contributed by atoms with Crippen LogP contribution in [0.25, 0.3) is 0 Å². The fraction of sp³-hybridized carbons (Fsp3) is 0.500. The van der Waals surface area contributed by atoms with E-state index in [0.717, 1.165) is 30.2 Å². The Morgan fingerprint density at radius 3 is 2.54 bits per heavy atom. The quantitative estimate of drug-likeness (QED) is 0.899. The maximum absolute atomic E-state index is 5.89. The third kappa shape index (κ3) is 4.20. The zero-order chi connectivity index (χ0) is 17.1. The van der Waals surface area contributed by atoms with Crippen LogP contribution in [0.1, 0.15) is 31.7 Å². The van der Waals surface area contributed by atoms with Gasteiger partial charge in [0.15, 0.2) is 0 Å². The monoisotopic (exact) mass is 326 g/mol. The number of nitrogens with one attached hydrogen (secondary N) is 1. The highest BCUT2D eigenvalue weighted by molar-refractivity contribution is 5.58. The molecule has 1 aliphatic heterocycles. The summed E-state index contributed by atoms with van der Waals surface area (Å²) in [6, 6.07) is 8.04. The van der Waals surface area contributed by atoms with Crippen molar-refractivity contribution in [3.8, 4) is 0 Å². The van der Waals surface area contributed by atoms with Gasteiger partial charge in [-0.1, -0.05) is 32.0 Å². The lowest BCUT2D eigenvalue weighted by atomic mass is 9.92. The number of nitrogens with two attached hydrogens (primary N) is 1. The van der Waals surface area contributed by atoms with Gasteiger partial charge in [0, 0.05) is 18.8 Å². The molecule has 0 aliphatic carbocycles. The van der Waals surface area contributed by atoms with Crippen LogP contribution in [-0.2, 0) is 6.54 Å². The van der Waals surface area contributed by atoms with Crippen molar-refractivity contribution in [2.24, 2.45) is 11.8 Å². The van der Waals surface area contributed by atoms with Crippen molar-refractivity contribution in [2.75, 3.05) is 24.1 Å². The molecule has 6 heteroatoms. The third-order valence-corrected chi connectivity index (χ3v) is 4.40. The van der Waals surface area contributed by atoms with Gasteiger partial charge in [-0.2, -0.15) is 15.0 Å². The van der Waals surface area contributed by atoms with Gasteiger partial charge in [-0.25, -0.2) is 0 Å². The van der Waals surface area contributed by atoms with E-state index in [0.29, 0.717) is 24.3 Å². The largest absolute Gasteiger partial charge is 0.368 e. The van der Waals surface area contributed by atoms with Crippen LogP contribution < -0.4 is 11.1 Å². The Bertz CT molecular complexity index is 692. The number of benzene rings is 1. The Morgan fingerprint density at radius 2 is 1.83 bits per heavy atom. The van der Waals surface area contributed by atoms with Crippen molar-refractivity contribution < 1.29 is 0 Å². The molecule has 6 nitrogen and oxygen atoms in total. The lowest BCUT2D eigenvalue weighted by Crippen LogP contribution is -2.38. The first-order valence-electron chi connectivity index (χ1n) is 8.55. The molecule has 1 saturated heterocycles. The predicted octanol–water partition coefficient (Wildman–Crippen LogP) is 2.98. The second-order valence-electron chi connectivity index (χ2n) is 7.01. The number of hydrogen-bond acceptors (Lipinski definition) is 6. The molecule has 0 bridgehead atoms. The van der Waals surface area contributed by atoms with Crippen molar-refractivity contribution in [1.82, 2.24) is 19.9 Å². The van der Waals surface area contributed by atoms with E-state index in [9.17, 15) is 0 Å². The number of hydrogen-bond donors (Lipinski definition) is 2. The molecule has 1 fully saturated rings. The van der Waals surface area contributed by atoms with Crippen LogP contribution >= 0.6 is 0 Å². The summed E-state index contributed by atoms with van der Waals surface area (Å²) in [5.41, 5.74) is 8.01. The zero-order valence-electron chi connectivity index (χ0n) is 14.7. The number of rotatable bonds is 4. The van der Waals surface area contributed by atoms with E-state index in [2.05, 4.69) is 39.0 Å². The summed E-state index contributed by atoms with van der Waals surface area (Å²) in [6.07, 6.45) is 1.29. The first-order chi connectivity index (χ1) is 11.5. The molecule has 128 valence electrons. The molecule has 0 amide bonds. The van der Waals surface area contributed by atoms with Crippen LogP contribution in [-0.4, -0.2) is 32.9 Å². The topological polar surface area (TPSA) is 80.0 Å². The number of aromatic nitrogens is 3. The number of likely N-dealkylation sites (tertiary alicyclic amines) is 1. The van der Waals surface area contributed by atoms with E-state index in [-0.39, 0.29) is 5.95 Å². The van der Waals surface area contributed by atoms with Gasteiger partial charge in [-0.05, 0) is 36.8 Å². The summed E-state index contributed by atoms with van der Waals surface area (Å²) >= 11 is 0. The first kappa shape index (κ1) is 16.6. The number of piperidine rings is 1. The van der Waals surface area contributed by atoms with Crippen molar-refractivity contribution in [2.45, 2.75) is 33.7 Å². The lowest BCUT2D eigenvalue weighted by Gasteiger charge is -2.34. The maximum atomic E-state index is 5.89. The average molecular weight is 326 g/mol. The highest BCUT2D eigenvalue weighted by Gasteiger charge is 2.22. The fourth-order valence-electron chi connectivity index (χ4n) is 3.52. The molecule has 1 aromatic heterocycles. The van der Waals surface area contributed by atoms with Gasteiger partial charge >= 0.3 is 0 Å². The Morgan fingerprint density at radius 1 is 1.12 bits per heavy atom. The maximum Gasteiger partial charge on any atom is 0.232 e. The van der Waals surface area contributed by atoms with Gasteiger partial charge < -0.3 is 11.1 Å². The lowest BCUT2D eigenvalue weighted by molar-refractivity contribution is 0.131. The molecule has 1 aromatic carbocycles. The average Bonchev–Trinajstić information content (AvgIpc) is 2.48. The molecule has 2 heterocycles. The first-order valence-corrected chi connectivity index (χ1v) is 8.55. The van der Waals surface area contributed by atoms with Crippen LogP contribution in [0.2, 0.25) is 0 Å². The van der Waals surface area contributed by atoms with Gasteiger partial charge in [0.2, 0.25) is 11.9 Å². The Hall–Kier alpha value is -2.21. The minimum absolute atomic E-state index is 0.259. The molecule has 0 saturated carbocycles. The van der Waals surface area contributed by atoms with E-state index in [1.165, 1.54) is 6.42 Å². The van der Waals surface area contributed by atoms with Crippen molar-refractivity contribution >= 4 is 17.6 Å². The van der Waals surface area contributed by atoms with E-state index < -0.39 is 0 Å². The molecular weight excluding hydrogens is 300 g/mol. The van der Waals surface area contributed by atoms with Gasteiger partial charge in [-0.15, -0.1) is 0 Å². The van der Waals surface area contributed by atoms with Gasteiger partial charge in [0.05, 0.1) is 6.54 Å². The summed E-state index contributed by atoms with van der Waals surface area (Å²) in [4.78, 5) is 15.5. The molecule has 0 spiro atoms. The molecule has 0 radical (unpaired) electrons. The normalized spacial score (nSPS) is 21.6. The second-order valence-corrected chi connectivity index (χ2v) is 7.01. The van der Waals surface area contributed by atoms with Crippen LogP contribution in [0.15, 0.2) is 24.3 Å². The molecule has 2 aromatic rings. The van der Waals surface area contributed by atoms with Crippen LogP contribution in [0, 0.1) is 18.8 Å². The van der Waals surface area contributed by atoms with Gasteiger partial charge in [-0.3, -0.25) is 4.90 Å². The van der Waals surface area contributed by atoms with Crippen LogP contribution in [0.5, 0.6) is 0 Å². The standard InChI is InChI=1S/C18H26N6/c1-12-8-13(2)10-24(9-12)11-16-21-17(19)23-18(22-16)20-15-7-5-4-6-14(15)3/h4-7,12-13H,8-11H2,1-3H3,(H3,19,20,21,22,23)/t12-,13-/m0/s1. The van der Waals surface area contributed by atoms with Crippen LogP contribution in [0.3, 0.4) is 0 Å². The Labute approximate surface area is 143 Å². The SMILES string of the molecule is Cc1ccccc1Nc1nc(N)nc(CN2C[C@@H](C)C[C@H](C)C2)n1. The smallest absolute Gasteiger partial charge is 0.232 e. The number of nitrogens with zero attached hydrogens (tertiary/aromatic N) is 4. The fourth-order valence-corrected chi connectivity index (χ4v) is 3.52. The van der Waals surface area contributed by atoms with Crippen molar-refractivity contribution in [1.29, 1.82) is 0 Å². The predicted molar refractivity (Wildman–Crippen MR) is 96.9 cm³/mol. The Kier molecular flexibility index (Phi) is 4.94. The highest BCUT2D eigenvalue weighted by atomic mass is 15.2. The number of anilines is 3. The molecule has 3 N–H and O–H groups in total.